The lowest BCUT2D eigenvalue weighted by Crippen LogP contribution is -2.27. The van der Waals surface area contributed by atoms with Gasteiger partial charge < -0.3 is 5.32 Å². The molecule has 0 aromatic heterocycles. The van der Waals surface area contributed by atoms with Crippen molar-refractivity contribution in [1.82, 2.24) is 5.32 Å². The minimum Gasteiger partial charge on any atom is -0.310 e. The maximum Gasteiger partial charge on any atom is 0.160 e. The number of hydrogen-bond donors (Lipinski definition) is 1. The summed E-state index contributed by atoms with van der Waals surface area (Å²) in [5, 5.41) is 3.63. The van der Waals surface area contributed by atoms with Crippen molar-refractivity contribution in [2.24, 2.45) is 5.41 Å². The van der Waals surface area contributed by atoms with Crippen LogP contribution in [-0.2, 0) is 0 Å². The van der Waals surface area contributed by atoms with Crippen molar-refractivity contribution in [3.05, 3.63) is 34.4 Å². The Balaban J connectivity index is 3.06. The fraction of sp³-hybridized carbons (Fsp3) is 0.600. The summed E-state index contributed by atoms with van der Waals surface area (Å²) < 4.78 is 26.5. The molecular formula is C15H22ClF2N. The summed E-state index contributed by atoms with van der Waals surface area (Å²) in [4.78, 5) is 0. The van der Waals surface area contributed by atoms with Gasteiger partial charge in [0.2, 0.25) is 0 Å². The molecule has 0 aliphatic heterocycles. The fourth-order valence-electron chi connectivity index (χ4n) is 2.03. The van der Waals surface area contributed by atoms with E-state index < -0.39 is 11.6 Å². The molecule has 0 amide bonds. The lowest BCUT2D eigenvalue weighted by molar-refractivity contribution is 0.311. The molecule has 1 nitrogen and oxygen atoms in total. The van der Waals surface area contributed by atoms with E-state index in [1.54, 1.807) is 0 Å². The molecule has 0 spiro atoms. The number of nitrogens with one attached hydrogen (secondary N) is 1. The quantitative estimate of drug-likeness (QED) is 0.744. The van der Waals surface area contributed by atoms with Gasteiger partial charge in [-0.2, -0.15) is 0 Å². The third kappa shape index (κ3) is 5.07. The molecule has 108 valence electrons. The highest BCUT2D eigenvalue weighted by molar-refractivity contribution is 6.31. The van der Waals surface area contributed by atoms with Gasteiger partial charge in [-0.25, -0.2) is 8.78 Å². The largest absolute Gasteiger partial charge is 0.310 e. The minimum absolute atomic E-state index is 0.0671. The molecule has 1 aromatic rings. The predicted octanol–water partition coefficient (Wildman–Crippen LogP) is 5.10. The van der Waals surface area contributed by atoms with E-state index in [0.29, 0.717) is 5.56 Å². The fourth-order valence-corrected chi connectivity index (χ4v) is 2.31. The van der Waals surface area contributed by atoms with Gasteiger partial charge in [-0.05, 0) is 42.5 Å². The van der Waals surface area contributed by atoms with Crippen molar-refractivity contribution in [1.29, 1.82) is 0 Å². The van der Waals surface area contributed by atoms with E-state index in [9.17, 15) is 8.78 Å². The molecule has 1 N–H and O–H groups in total. The summed E-state index contributed by atoms with van der Waals surface area (Å²) in [5.41, 5.74) is 0.698. The molecule has 1 atom stereocenters. The lowest BCUT2D eigenvalue weighted by atomic mass is 9.85. The molecule has 0 radical (unpaired) electrons. The number of rotatable bonds is 5. The van der Waals surface area contributed by atoms with Crippen molar-refractivity contribution in [2.45, 2.75) is 46.6 Å². The molecule has 0 saturated heterocycles. The third-order valence-electron chi connectivity index (χ3n) is 2.87. The Morgan fingerprint density at radius 3 is 2.32 bits per heavy atom. The Kier molecular flexibility index (Phi) is 5.75. The first-order valence-corrected chi connectivity index (χ1v) is 7.00. The van der Waals surface area contributed by atoms with Crippen LogP contribution in [0.5, 0.6) is 0 Å². The Labute approximate surface area is 119 Å². The molecule has 0 fully saturated rings. The first-order chi connectivity index (χ1) is 8.74. The molecule has 0 heterocycles. The van der Waals surface area contributed by atoms with E-state index in [-0.39, 0.29) is 16.5 Å². The second-order valence-electron chi connectivity index (χ2n) is 6.06. The van der Waals surface area contributed by atoms with Gasteiger partial charge in [0.15, 0.2) is 11.6 Å². The standard InChI is InChI=1S/C15H22ClF2N/c1-5-6-19-14(9-15(2,3)4)10-7-12(17)13(18)8-11(10)16/h7-8,14,19H,5-6,9H2,1-4H3. The van der Waals surface area contributed by atoms with Crippen LogP contribution >= 0.6 is 11.6 Å². The summed E-state index contributed by atoms with van der Waals surface area (Å²) in [7, 11) is 0. The van der Waals surface area contributed by atoms with Crippen LogP contribution in [0.2, 0.25) is 5.02 Å². The van der Waals surface area contributed by atoms with Crippen LogP contribution in [0.25, 0.3) is 0 Å². The molecule has 0 aliphatic carbocycles. The van der Waals surface area contributed by atoms with Gasteiger partial charge in [-0.15, -0.1) is 0 Å². The topological polar surface area (TPSA) is 12.0 Å². The third-order valence-corrected chi connectivity index (χ3v) is 3.20. The highest BCUT2D eigenvalue weighted by atomic mass is 35.5. The molecule has 0 saturated carbocycles. The van der Waals surface area contributed by atoms with Crippen LogP contribution in [0, 0.1) is 17.0 Å². The predicted molar refractivity (Wildman–Crippen MR) is 76.5 cm³/mol. The van der Waals surface area contributed by atoms with E-state index >= 15 is 0 Å². The highest BCUT2D eigenvalue weighted by Gasteiger charge is 2.23. The van der Waals surface area contributed by atoms with Crippen LogP contribution in [0.4, 0.5) is 8.78 Å². The van der Waals surface area contributed by atoms with Gasteiger partial charge in [0.1, 0.15) is 0 Å². The Morgan fingerprint density at radius 2 is 1.79 bits per heavy atom. The van der Waals surface area contributed by atoms with Crippen molar-refractivity contribution >= 4 is 11.6 Å². The van der Waals surface area contributed by atoms with Crippen LogP contribution < -0.4 is 5.32 Å². The van der Waals surface area contributed by atoms with E-state index in [2.05, 4.69) is 33.0 Å². The summed E-state index contributed by atoms with van der Waals surface area (Å²) in [6.07, 6.45) is 1.78. The summed E-state index contributed by atoms with van der Waals surface area (Å²) in [5.74, 6) is -1.75. The normalized spacial score (nSPS) is 13.6. The molecule has 1 aromatic carbocycles. The zero-order valence-electron chi connectivity index (χ0n) is 12.0. The Bertz CT molecular complexity index is 427. The molecular weight excluding hydrogens is 268 g/mol. The number of halogens is 3. The van der Waals surface area contributed by atoms with Gasteiger partial charge in [0, 0.05) is 11.1 Å². The average molecular weight is 290 g/mol. The first kappa shape index (κ1) is 16.4. The van der Waals surface area contributed by atoms with Gasteiger partial charge >= 0.3 is 0 Å². The zero-order chi connectivity index (χ0) is 14.6. The van der Waals surface area contributed by atoms with Gasteiger partial charge in [-0.1, -0.05) is 39.3 Å². The molecule has 1 unspecified atom stereocenters. The van der Waals surface area contributed by atoms with E-state index in [1.165, 1.54) is 6.07 Å². The summed E-state index contributed by atoms with van der Waals surface area (Å²) >= 11 is 6.06. The monoisotopic (exact) mass is 289 g/mol. The van der Waals surface area contributed by atoms with Crippen molar-refractivity contribution in [2.75, 3.05) is 6.54 Å². The van der Waals surface area contributed by atoms with Crippen molar-refractivity contribution < 1.29 is 8.78 Å². The first-order valence-electron chi connectivity index (χ1n) is 6.62. The van der Waals surface area contributed by atoms with Gasteiger partial charge in [-0.3, -0.25) is 0 Å². The van der Waals surface area contributed by atoms with E-state index in [0.717, 1.165) is 25.5 Å². The minimum atomic E-state index is -0.904. The Morgan fingerprint density at radius 1 is 1.21 bits per heavy atom. The molecule has 0 bridgehead atoms. The van der Waals surface area contributed by atoms with E-state index in [4.69, 9.17) is 11.6 Å². The maximum absolute atomic E-state index is 13.4. The highest BCUT2D eigenvalue weighted by Crippen LogP contribution is 2.34. The number of hydrogen-bond acceptors (Lipinski definition) is 1. The van der Waals surface area contributed by atoms with Crippen LogP contribution in [-0.4, -0.2) is 6.54 Å². The number of benzene rings is 1. The maximum atomic E-state index is 13.4. The average Bonchev–Trinajstić information content (AvgIpc) is 2.28. The SMILES string of the molecule is CCCNC(CC(C)(C)C)c1cc(F)c(F)cc1Cl. The van der Waals surface area contributed by atoms with Gasteiger partial charge in [0.05, 0.1) is 0 Å². The molecule has 0 aliphatic rings. The Hall–Kier alpha value is -0.670. The van der Waals surface area contributed by atoms with Crippen LogP contribution in [0.1, 0.15) is 52.1 Å². The zero-order valence-corrected chi connectivity index (χ0v) is 12.7. The summed E-state index contributed by atoms with van der Waals surface area (Å²) in [6, 6.07) is 2.19. The molecule has 19 heavy (non-hydrogen) atoms. The van der Waals surface area contributed by atoms with Crippen LogP contribution in [0.15, 0.2) is 12.1 Å². The lowest BCUT2D eigenvalue weighted by Gasteiger charge is -2.28. The van der Waals surface area contributed by atoms with Gasteiger partial charge in [0.25, 0.3) is 0 Å². The van der Waals surface area contributed by atoms with Crippen LogP contribution in [0.3, 0.4) is 0 Å². The van der Waals surface area contributed by atoms with Crippen molar-refractivity contribution in [3.8, 4) is 0 Å². The second kappa shape index (κ2) is 6.67. The van der Waals surface area contributed by atoms with E-state index in [1.807, 2.05) is 0 Å². The second-order valence-corrected chi connectivity index (χ2v) is 6.47. The summed E-state index contributed by atoms with van der Waals surface area (Å²) in [6.45, 7) is 9.22. The molecule has 1 rings (SSSR count). The smallest absolute Gasteiger partial charge is 0.160 e. The molecule has 4 heteroatoms. The van der Waals surface area contributed by atoms with Crippen molar-refractivity contribution in [3.63, 3.8) is 0 Å².